The third-order valence-corrected chi connectivity index (χ3v) is 5.17. The number of nitrogen functional groups attached to an aromatic ring is 2. The summed E-state index contributed by atoms with van der Waals surface area (Å²) in [6.45, 7) is 0. The van der Waals surface area contributed by atoms with Crippen molar-refractivity contribution in [3.63, 3.8) is 0 Å². The van der Waals surface area contributed by atoms with E-state index in [1.807, 2.05) is 18.2 Å². The Balaban J connectivity index is 1.64. The lowest BCUT2D eigenvalue weighted by atomic mass is 9.75. The minimum absolute atomic E-state index is 0.639. The van der Waals surface area contributed by atoms with Gasteiger partial charge in [-0.25, -0.2) is 0 Å². The quantitative estimate of drug-likeness (QED) is 0.399. The zero-order valence-electron chi connectivity index (χ0n) is 14.2. The first kappa shape index (κ1) is 14.8. The van der Waals surface area contributed by atoms with Gasteiger partial charge in [0.25, 0.3) is 0 Å². The van der Waals surface area contributed by atoms with E-state index in [0.29, 0.717) is 11.4 Å². The van der Waals surface area contributed by atoms with E-state index in [-0.39, 0.29) is 0 Å². The number of nitrogens with two attached hydrogens (primary N) is 2. The third kappa shape index (κ3) is 2.06. The van der Waals surface area contributed by atoms with Gasteiger partial charge >= 0.3 is 0 Å². The molecular weight excluding hydrogens is 316 g/mol. The van der Waals surface area contributed by atoms with Crippen molar-refractivity contribution < 1.29 is 0 Å². The summed E-state index contributed by atoms with van der Waals surface area (Å²) in [6, 6.07) is 29.4. The fourth-order valence-electron chi connectivity index (χ4n) is 3.84. The van der Waals surface area contributed by atoms with Crippen molar-refractivity contribution in [3.8, 4) is 44.5 Å². The monoisotopic (exact) mass is 334 g/mol. The molecule has 5 rings (SSSR count). The van der Waals surface area contributed by atoms with Crippen LogP contribution in [-0.2, 0) is 0 Å². The van der Waals surface area contributed by atoms with E-state index >= 15 is 0 Å². The van der Waals surface area contributed by atoms with E-state index in [1.54, 1.807) is 0 Å². The lowest BCUT2D eigenvalue weighted by Crippen LogP contribution is -2.07. The largest absolute Gasteiger partial charge is 0.397 e. The van der Waals surface area contributed by atoms with Crippen LogP contribution in [0.5, 0.6) is 0 Å². The Morgan fingerprint density at radius 2 is 1.00 bits per heavy atom. The molecule has 4 N–H and O–H groups in total. The summed E-state index contributed by atoms with van der Waals surface area (Å²) in [4.78, 5) is 0. The molecule has 0 heterocycles. The third-order valence-electron chi connectivity index (χ3n) is 5.17. The molecule has 4 aromatic carbocycles. The molecule has 0 radical (unpaired) electrons. The van der Waals surface area contributed by atoms with Gasteiger partial charge in [-0.2, -0.15) is 0 Å². The first-order valence-electron chi connectivity index (χ1n) is 8.71. The maximum absolute atomic E-state index is 6.27. The summed E-state index contributed by atoms with van der Waals surface area (Å²) in [5.74, 6) is 0. The van der Waals surface area contributed by atoms with Gasteiger partial charge in [-0.15, -0.1) is 0 Å². The van der Waals surface area contributed by atoms with E-state index in [9.17, 15) is 0 Å². The fraction of sp³-hybridized carbons (Fsp3) is 0. The predicted octanol–water partition coefficient (Wildman–Crippen LogP) is 5.83. The maximum atomic E-state index is 6.27. The molecule has 2 nitrogen and oxygen atoms in total. The fourth-order valence-corrected chi connectivity index (χ4v) is 3.84. The molecule has 0 amide bonds. The molecule has 0 aromatic heterocycles. The zero-order valence-corrected chi connectivity index (χ0v) is 14.2. The van der Waals surface area contributed by atoms with E-state index in [1.165, 1.54) is 27.8 Å². The predicted molar refractivity (Wildman–Crippen MR) is 111 cm³/mol. The van der Waals surface area contributed by atoms with Crippen molar-refractivity contribution in [1.82, 2.24) is 0 Å². The summed E-state index contributed by atoms with van der Waals surface area (Å²) in [6.07, 6.45) is 0. The molecule has 1 aliphatic rings. The van der Waals surface area contributed by atoms with Gasteiger partial charge in [0.15, 0.2) is 0 Å². The van der Waals surface area contributed by atoms with Gasteiger partial charge in [-0.05, 0) is 39.4 Å². The van der Waals surface area contributed by atoms with Gasteiger partial charge in [0.05, 0.1) is 11.4 Å². The summed E-state index contributed by atoms with van der Waals surface area (Å²) in [5.41, 5.74) is 23.3. The number of benzene rings is 4. The molecule has 2 heteroatoms. The van der Waals surface area contributed by atoms with Crippen LogP contribution < -0.4 is 11.5 Å². The van der Waals surface area contributed by atoms with Gasteiger partial charge in [0.2, 0.25) is 0 Å². The topological polar surface area (TPSA) is 52.0 Å². The number of anilines is 2. The van der Waals surface area contributed by atoms with Crippen molar-refractivity contribution in [2.75, 3.05) is 11.5 Å². The minimum atomic E-state index is 0.639. The van der Waals surface area contributed by atoms with Crippen LogP contribution in [0.2, 0.25) is 0 Å². The second-order valence-electron chi connectivity index (χ2n) is 6.67. The van der Waals surface area contributed by atoms with E-state index in [2.05, 4.69) is 66.7 Å². The van der Waals surface area contributed by atoms with Crippen LogP contribution in [0.4, 0.5) is 11.4 Å². The molecule has 0 unspecified atom stereocenters. The molecule has 4 aromatic rings. The van der Waals surface area contributed by atoms with E-state index < -0.39 is 0 Å². The summed E-state index contributed by atoms with van der Waals surface area (Å²) in [7, 11) is 0. The van der Waals surface area contributed by atoms with Crippen molar-refractivity contribution in [3.05, 3.63) is 84.9 Å². The molecule has 26 heavy (non-hydrogen) atoms. The standard InChI is InChI=1S/C24H18N2/c25-21-14-20(22-18-8-4-5-9-19(18)23(22)24(21)26)17-12-10-16(11-13-17)15-6-2-1-3-7-15/h1-14H,25-26H2. The minimum Gasteiger partial charge on any atom is -0.397 e. The van der Waals surface area contributed by atoms with Crippen LogP contribution in [0, 0.1) is 0 Å². The Morgan fingerprint density at radius 1 is 0.462 bits per heavy atom. The van der Waals surface area contributed by atoms with Crippen LogP contribution in [-0.4, -0.2) is 0 Å². The molecule has 0 aliphatic heterocycles. The van der Waals surface area contributed by atoms with Gasteiger partial charge in [-0.1, -0.05) is 78.9 Å². The van der Waals surface area contributed by atoms with Crippen molar-refractivity contribution >= 4 is 11.4 Å². The first-order valence-corrected chi connectivity index (χ1v) is 8.71. The highest BCUT2D eigenvalue weighted by molar-refractivity contribution is 6.15. The smallest absolute Gasteiger partial charge is 0.0634 e. The molecule has 1 aliphatic carbocycles. The van der Waals surface area contributed by atoms with Crippen molar-refractivity contribution in [1.29, 1.82) is 0 Å². The number of hydrogen-bond acceptors (Lipinski definition) is 2. The van der Waals surface area contributed by atoms with Crippen LogP contribution in [0.15, 0.2) is 84.9 Å². The van der Waals surface area contributed by atoms with Gasteiger partial charge < -0.3 is 11.5 Å². The Bertz CT molecular complexity index is 1130. The van der Waals surface area contributed by atoms with Crippen LogP contribution in [0.3, 0.4) is 0 Å². The molecule has 0 bridgehead atoms. The van der Waals surface area contributed by atoms with Crippen LogP contribution in [0.1, 0.15) is 0 Å². The lowest BCUT2D eigenvalue weighted by Gasteiger charge is -2.29. The summed E-state index contributed by atoms with van der Waals surface area (Å²) in [5, 5.41) is 0. The highest BCUT2D eigenvalue weighted by Gasteiger charge is 2.29. The normalized spacial score (nSPS) is 11.4. The van der Waals surface area contributed by atoms with E-state index in [0.717, 1.165) is 16.7 Å². The summed E-state index contributed by atoms with van der Waals surface area (Å²) < 4.78 is 0. The molecule has 0 saturated carbocycles. The second-order valence-corrected chi connectivity index (χ2v) is 6.67. The van der Waals surface area contributed by atoms with E-state index in [4.69, 9.17) is 11.5 Å². The second kappa shape index (κ2) is 5.50. The zero-order chi connectivity index (χ0) is 17.7. The number of rotatable bonds is 2. The lowest BCUT2D eigenvalue weighted by molar-refractivity contribution is 1.50. The van der Waals surface area contributed by atoms with Crippen molar-refractivity contribution in [2.24, 2.45) is 0 Å². The first-order chi connectivity index (χ1) is 12.7. The molecule has 0 atom stereocenters. The Hall–Kier alpha value is -3.52. The molecule has 124 valence electrons. The highest BCUT2D eigenvalue weighted by atomic mass is 14.7. The Kier molecular flexibility index (Phi) is 3.13. The highest BCUT2D eigenvalue weighted by Crippen LogP contribution is 2.55. The summed E-state index contributed by atoms with van der Waals surface area (Å²) >= 11 is 0. The number of hydrogen-bond donors (Lipinski definition) is 2. The van der Waals surface area contributed by atoms with Crippen molar-refractivity contribution in [2.45, 2.75) is 0 Å². The Labute approximate surface area is 152 Å². The SMILES string of the molecule is Nc1cc(-c2ccc(-c3ccccc3)cc2)c2c(c1N)-c1ccccc1-2. The van der Waals surface area contributed by atoms with Gasteiger partial charge in [0.1, 0.15) is 0 Å². The molecule has 0 saturated heterocycles. The van der Waals surface area contributed by atoms with Crippen LogP contribution in [0.25, 0.3) is 44.5 Å². The van der Waals surface area contributed by atoms with Crippen LogP contribution >= 0.6 is 0 Å². The average Bonchev–Trinajstić information content (AvgIpc) is 2.68. The molecule has 0 spiro atoms. The van der Waals surface area contributed by atoms with Gasteiger partial charge in [0, 0.05) is 11.1 Å². The maximum Gasteiger partial charge on any atom is 0.0634 e. The number of fused-ring (bicyclic) bond motifs is 4. The Morgan fingerprint density at radius 3 is 1.69 bits per heavy atom. The van der Waals surface area contributed by atoms with Gasteiger partial charge in [-0.3, -0.25) is 0 Å². The molecular formula is C24H18N2. The molecule has 0 fully saturated rings. The average molecular weight is 334 g/mol.